The van der Waals surface area contributed by atoms with Crippen molar-refractivity contribution >= 4 is 12.0 Å². The Balaban J connectivity index is 2.87. The second-order valence-electron chi connectivity index (χ2n) is 3.39. The minimum absolute atomic E-state index is 0.277. The van der Waals surface area contributed by atoms with Crippen molar-refractivity contribution in [3.63, 3.8) is 0 Å². The van der Waals surface area contributed by atoms with Crippen LogP contribution in [0.15, 0.2) is 11.8 Å². The summed E-state index contributed by atoms with van der Waals surface area (Å²) in [6.07, 6.45) is 3.67. The Morgan fingerprint density at radius 2 is 2.33 bits per heavy atom. The van der Waals surface area contributed by atoms with Gasteiger partial charge in [-0.3, -0.25) is 4.68 Å². The van der Waals surface area contributed by atoms with Crippen LogP contribution < -0.4 is 0 Å². The molecule has 0 amide bonds. The fraction of sp³-hybridized carbons (Fsp3) is 0.455. The minimum Gasteiger partial charge on any atom is -0.463 e. The predicted molar refractivity (Wildman–Crippen MR) is 58.2 cm³/mol. The first-order valence-corrected chi connectivity index (χ1v) is 4.90. The monoisotopic (exact) mass is 208 g/mol. The first-order valence-electron chi connectivity index (χ1n) is 4.90. The average molecular weight is 208 g/mol. The van der Waals surface area contributed by atoms with E-state index in [0.717, 1.165) is 11.3 Å². The molecule has 0 unspecified atom stereocenters. The van der Waals surface area contributed by atoms with Crippen molar-refractivity contribution < 1.29 is 9.53 Å². The highest BCUT2D eigenvalue weighted by atomic mass is 16.5. The molecule has 1 aromatic rings. The number of rotatable bonds is 3. The summed E-state index contributed by atoms with van der Waals surface area (Å²) in [6, 6.07) is 0. The van der Waals surface area contributed by atoms with E-state index in [1.807, 2.05) is 20.2 Å². The van der Waals surface area contributed by atoms with Gasteiger partial charge in [0.1, 0.15) is 0 Å². The largest absolute Gasteiger partial charge is 0.463 e. The third kappa shape index (κ3) is 2.94. The molecule has 15 heavy (non-hydrogen) atoms. The van der Waals surface area contributed by atoms with Gasteiger partial charge in [-0.1, -0.05) is 0 Å². The Labute approximate surface area is 89.5 Å². The van der Waals surface area contributed by atoms with Gasteiger partial charge in [-0.15, -0.1) is 0 Å². The third-order valence-electron chi connectivity index (χ3n) is 2.02. The number of aromatic nitrogens is 2. The molecule has 0 spiro atoms. The van der Waals surface area contributed by atoms with Crippen LogP contribution in [0.4, 0.5) is 0 Å². The van der Waals surface area contributed by atoms with E-state index in [9.17, 15) is 4.79 Å². The lowest BCUT2D eigenvalue weighted by Gasteiger charge is -2.00. The molecule has 0 fully saturated rings. The highest BCUT2D eigenvalue weighted by Crippen LogP contribution is 2.11. The Kier molecular flexibility index (Phi) is 3.66. The van der Waals surface area contributed by atoms with E-state index in [0.29, 0.717) is 12.2 Å². The molecule has 0 N–H and O–H groups in total. The summed E-state index contributed by atoms with van der Waals surface area (Å²) in [5.74, 6) is -0.277. The van der Waals surface area contributed by atoms with Crippen molar-refractivity contribution in [2.45, 2.75) is 20.8 Å². The Morgan fingerprint density at radius 3 is 2.80 bits per heavy atom. The molecule has 0 aliphatic carbocycles. The second kappa shape index (κ2) is 4.77. The lowest BCUT2D eigenvalue weighted by Crippen LogP contribution is -2.04. The summed E-state index contributed by atoms with van der Waals surface area (Å²) in [7, 11) is 1.85. The van der Waals surface area contributed by atoms with Crippen LogP contribution in [-0.2, 0) is 16.6 Å². The molecule has 0 aromatic carbocycles. The number of hydrogen-bond donors (Lipinski definition) is 0. The van der Waals surface area contributed by atoms with Crippen LogP contribution in [0.1, 0.15) is 25.1 Å². The van der Waals surface area contributed by atoms with E-state index in [-0.39, 0.29) is 5.97 Å². The van der Waals surface area contributed by atoms with Crippen LogP contribution in [0.3, 0.4) is 0 Å². The third-order valence-corrected chi connectivity index (χ3v) is 2.02. The molecule has 1 rings (SSSR count). The summed E-state index contributed by atoms with van der Waals surface area (Å²) in [6.45, 7) is 5.84. The zero-order chi connectivity index (χ0) is 11.4. The Hall–Kier alpha value is -1.58. The van der Waals surface area contributed by atoms with Gasteiger partial charge >= 0.3 is 5.97 Å². The van der Waals surface area contributed by atoms with Gasteiger partial charge in [0.15, 0.2) is 0 Å². The zero-order valence-corrected chi connectivity index (χ0v) is 9.57. The SMILES string of the molecule is CCOC(=O)C(C)=Cc1cn(C)nc1C. The molecule has 0 saturated heterocycles. The quantitative estimate of drug-likeness (QED) is 0.561. The summed E-state index contributed by atoms with van der Waals surface area (Å²) in [5.41, 5.74) is 2.44. The van der Waals surface area contributed by atoms with E-state index in [4.69, 9.17) is 4.74 Å². The summed E-state index contributed by atoms with van der Waals surface area (Å²) in [5, 5.41) is 4.19. The minimum atomic E-state index is -0.277. The number of nitrogens with zero attached hydrogens (tertiary/aromatic N) is 2. The second-order valence-corrected chi connectivity index (χ2v) is 3.39. The molecule has 0 aliphatic rings. The highest BCUT2D eigenvalue weighted by molar-refractivity contribution is 5.93. The lowest BCUT2D eigenvalue weighted by atomic mass is 10.2. The van der Waals surface area contributed by atoms with Gasteiger partial charge in [0.25, 0.3) is 0 Å². The van der Waals surface area contributed by atoms with Crippen LogP contribution in [0.25, 0.3) is 6.08 Å². The predicted octanol–water partition coefficient (Wildman–Crippen LogP) is 1.69. The van der Waals surface area contributed by atoms with Crippen molar-refractivity contribution in [1.29, 1.82) is 0 Å². The number of aryl methyl sites for hydroxylation is 2. The van der Waals surface area contributed by atoms with Gasteiger partial charge in [-0.05, 0) is 26.8 Å². The molecular formula is C11H16N2O2. The Bertz CT molecular complexity index is 391. The molecule has 4 nitrogen and oxygen atoms in total. The maximum absolute atomic E-state index is 11.3. The molecule has 82 valence electrons. The lowest BCUT2D eigenvalue weighted by molar-refractivity contribution is -0.138. The van der Waals surface area contributed by atoms with Gasteiger partial charge in [0, 0.05) is 24.4 Å². The van der Waals surface area contributed by atoms with Crippen LogP contribution in [0.5, 0.6) is 0 Å². The smallest absolute Gasteiger partial charge is 0.333 e. The molecule has 0 atom stereocenters. The first-order chi connectivity index (χ1) is 7.04. The number of carbonyl (C=O) groups excluding carboxylic acids is 1. The molecule has 0 bridgehead atoms. The molecule has 1 heterocycles. The fourth-order valence-corrected chi connectivity index (χ4v) is 1.30. The Morgan fingerprint density at radius 1 is 1.67 bits per heavy atom. The standard InChI is InChI=1S/C11H16N2O2/c1-5-15-11(14)8(2)6-10-7-13(4)12-9(10)3/h6-7H,5H2,1-4H3. The first kappa shape index (κ1) is 11.5. The van der Waals surface area contributed by atoms with E-state index in [2.05, 4.69) is 5.10 Å². The van der Waals surface area contributed by atoms with Crippen LogP contribution in [-0.4, -0.2) is 22.4 Å². The van der Waals surface area contributed by atoms with Gasteiger partial charge in [-0.2, -0.15) is 5.10 Å². The van der Waals surface area contributed by atoms with E-state index in [1.54, 1.807) is 24.6 Å². The van der Waals surface area contributed by atoms with Crippen LogP contribution in [0.2, 0.25) is 0 Å². The van der Waals surface area contributed by atoms with Crippen LogP contribution in [0, 0.1) is 6.92 Å². The maximum atomic E-state index is 11.3. The van der Waals surface area contributed by atoms with Gasteiger partial charge in [-0.25, -0.2) is 4.79 Å². The molecule has 0 saturated carbocycles. The van der Waals surface area contributed by atoms with Crippen molar-refractivity contribution in [3.05, 3.63) is 23.0 Å². The fourth-order valence-electron chi connectivity index (χ4n) is 1.30. The molecular weight excluding hydrogens is 192 g/mol. The van der Waals surface area contributed by atoms with Crippen molar-refractivity contribution in [3.8, 4) is 0 Å². The van der Waals surface area contributed by atoms with E-state index >= 15 is 0 Å². The maximum Gasteiger partial charge on any atom is 0.333 e. The van der Waals surface area contributed by atoms with E-state index < -0.39 is 0 Å². The van der Waals surface area contributed by atoms with Crippen LogP contribution >= 0.6 is 0 Å². The van der Waals surface area contributed by atoms with Gasteiger partial charge in [0.05, 0.1) is 12.3 Å². The topological polar surface area (TPSA) is 44.1 Å². The average Bonchev–Trinajstić information content (AvgIpc) is 2.45. The number of ether oxygens (including phenoxy) is 1. The van der Waals surface area contributed by atoms with Crippen molar-refractivity contribution in [2.24, 2.45) is 7.05 Å². The molecule has 0 aliphatic heterocycles. The number of hydrogen-bond acceptors (Lipinski definition) is 3. The van der Waals surface area contributed by atoms with Crippen molar-refractivity contribution in [2.75, 3.05) is 6.61 Å². The summed E-state index contributed by atoms with van der Waals surface area (Å²) >= 11 is 0. The van der Waals surface area contributed by atoms with Crippen molar-refractivity contribution in [1.82, 2.24) is 9.78 Å². The number of esters is 1. The summed E-state index contributed by atoms with van der Waals surface area (Å²) in [4.78, 5) is 11.3. The normalized spacial score (nSPS) is 11.6. The van der Waals surface area contributed by atoms with E-state index in [1.165, 1.54) is 0 Å². The highest BCUT2D eigenvalue weighted by Gasteiger charge is 2.06. The molecule has 1 aromatic heterocycles. The molecule has 4 heteroatoms. The molecule has 0 radical (unpaired) electrons. The van der Waals surface area contributed by atoms with Gasteiger partial charge < -0.3 is 4.74 Å². The summed E-state index contributed by atoms with van der Waals surface area (Å²) < 4.78 is 6.61. The zero-order valence-electron chi connectivity index (χ0n) is 9.57. The van der Waals surface area contributed by atoms with Gasteiger partial charge in [0.2, 0.25) is 0 Å². The number of carbonyl (C=O) groups is 1.